The summed E-state index contributed by atoms with van der Waals surface area (Å²) in [5, 5.41) is 9.46. The number of nitrogens with zero attached hydrogens (tertiary/aromatic N) is 2. The molecule has 1 aromatic heterocycles. The zero-order valence-electron chi connectivity index (χ0n) is 12.3. The molecule has 1 atom stereocenters. The average molecular weight is 278 g/mol. The summed E-state index contributed by atoms with van der Waals surface area (Å²) in [6.07, 6.45) is 2.94. The van der Waals surface area contributed by atoms with E-state index < -0.39 is 5.97 Å². The van der Waals surface area contributed by atoms with Crippen LogP contribution in [0.15, 0.2) is 6.07 Å². The van der Waals surface area contributed by atoms with Crippen molar-refractivity contribution >= 4 is 11.8 Å². The smallest absolute Gasteiger partial charge is 0.339 e. The molecule has 1 aliphatic carbocycles. The molecule has 0 radical (unpaired) electrons. The monoisotopic (exact) mass is 278 g/mol. The van der Waals surface area contributed by atoms with Crippen LogP contribution in [0.4, 0.5) is 5.82 Å². The van der Waals surface area contributed by atoms with Gasteiger partial charge in [-0.25, -0.2) is 9.78 Å². The molecule has 110 valence electrons. The zero-order valence-corrected chi connectivity index (χ0v) is 12.3. The van der Waals surface area contributed by atoms with Gasteiger partial charge >= 0.3 is 5.97 Å². The van der Waals surface area contributed by atoms with Crippen LogP contribution in [0, 0.1) is 0 Å². The highest BCUT2D eigenvalue weighted by Crippen LogP contribution is 2.28. The Kier molecular flexibility index (Phi) is 4.60. The van der Waals surface area contributed by atoms with E-state index >= 15 is 0 Å². The van der Waals surface area contributed by atoms with Crippen molar-refractivity contribution in [2.45, 2.75) is 39.2 Å². The van der Waals surface area contributed by atoms with Gasteiger partial charge in [0.25, 0.3) is 0 Å². The second-order valence-corrected chi connectivity index (χ2v) is 5.21. The Hall–Kier alpha value is -1.62. The van der Waals surface area contributed by atoms with Crippen LogP contribution in [0.25, 0.3) is 0 Å². The van der Waals surface area contributed by atoms with Gasteiger partial charge in [0.15, 0.2) is 0 Å². The Labute approximate surface area is 119 Å². The molecule has 5 nitrogen and oxygen atoms in total. The number of hydrogen-bond donors (Lipinski definition) is 1. The van der Waals surface area contributed by atoms with Crippen LogP contribution in [-0.2, 0) is 17.6 Å². The van der Waals surface area contributed by atoms with Gasteiger partial charge in [-0.3, -0.25) is 0 Å². The topological polar surface area (TPSA) is 62.7 Å². The van der Waals surface area contributed by atoms with Gasteiger partial charge in [-0.1, -0.05) is 0 Å². The van der Waals surface area contributed by atoms with Crippen molar-refractivity contribution in [3.63, 3.8) is 0 Å². The number of aryl methyl sites for hydroxylation is 2. The fourth-order valence-corrected chi connectivity index (χ4v) is 2.84. The molecule has 0 saturated carbocycles. The summed E-state index contributed by atoms with van der Waals surface area (Å²) in [5.74, 6) is -0.338. The molecule has 1 aliphatic rings. The van der Waals surface area contributed by atoms with Crippen molar-refractivity contribution in [2.75, 3.05) is 25.2 Å². The van der Waals surface area contributed by atoms with E-state index in [-0.39, 0.29) is 6.04 Å². The van der Waals surface area contributed by atoms with E-state index in [0.717, 1.165) is 30.5 Å². The molecule has 1 unspecified atom stereocenters. The van der Waals surface area contributed by atoms with Gasteiger partial charge in [-0.2, -0.15) is 0 Å². The molecule has 0 spiro atoms. The van der Waals surface area contributed by atoms with Crippen molar-refractivity contribution in [1.29, 1.82) is 0 Å². The van der Waals surface area contributed by atoms with Crippen LogP contribution in [-0.4, -0.2) is 42.4 Å². The summed E-state index contributed by atoms with van der Waals surface area (Å²) in [6.45, 7) is 5.28. The number of likely N-dealkylation sites (N-methyl/N-ethyl adjacent to an activating group) is 1. The number of aromatic carboxylic acids is 1. The van der Waals surface area contributed by atoms with Gasteiger partial charge in [-0.15, -0.1) is 0 Å². The van der Waals surface area contributed by atoms with E-state index in [4.69, 9.17) is 4.74 Å². The van der Waals surface area contributed by atoms with Crippen molar-refractivity contribution < 1.29 is 14.6 Å². The van der Waals surface area contributed by atoms with Crippen molar-refractivity contribution in [1.82, 2.24) is 4.98 Å². The number of carboxylic acid groups (broad SMARTS) is 1. The number of hydrogen-bond acceptors (Lipinski definition) is 4. The second kappa shape index (κ2) is 6.22. The summed E-state index contributed by atoms with van der Waals surface area (Å²) < 4.78 is 5.18. The third kappa shape index (κ3) is 2.77. The number of fused-ring (bicyclic) bond motifs is 1. The van der Waals surface area contributed by atoms with Gasteiger partial charge < -0.3 is 14.7 Å². The quantitative estimate of drug-likeness (QED) is 0.863. The molecule has 5 heteroatoms. The first-order chi connectivity index (χ1) is 9.58. The van der Waals surface area contributed by atoms with Gasteiger partial charge in [0.2, 0.25) is 0 Å². The van der Waals surface area contributed by atoms with Gasteiger partial charge in [0.1, 0.15) is 11.4 Å². The Morgan fingerprint density at radius 1 is 1.55 bits per heavy atom. The summed E-state index contributed by atoms with van der Waals surface area (Å²) in [7, 11) is 1.65. The summed E-state index contributed by atoms with van der Waals surface area (Å²) in [4.78, 5) is 18.2. The first-order valence-corrected chi connectivity index (χ1v) is 7.10. The fraction of sp³-hybridized carbons (Fsp3) is 0.600. The first-order valence-electron chi connectivity index (χ1n) is 7.10. The third-order valence-electron chi connectivity index (χ3n) is 3.81. The third-order valence-corrected chi connectivity index (χ3v) is 3.81. The van der Waals surface area contributed by atoms with Crippen LogP contribution in [0.1, 0.15) is 41.9 Å². The van der Waals surface area contributed by atoms with Gasteiger partial charge in [0.05, 0.1) is 12.6 Å². The number of carboxylic acids is 1. The molecule has 0 fully saturated rings. The molecule has 1 heterocycles. The molecule has 0 aromatic carbocycles. The fourth-order valence-electron chi connectivity index (χ4n) is 2.84. The van der Waals surface area contributed by atoms with Gasteiger partial charge in [0, 0.05) is 19.3 Å². The molecule has 0 aliphatic heterocycles. The molecule has 20 heavy (non-hydrogen) atoms. The predicted octanol–water partition coefficient (Wildman–Crippen LogP) is 2.13. The SMILES string of the molecule is CCN(c1nc2c(cc1C(=O)O)CCC2)C(C)COC. The largest absolute Gasteiger partial charge is 0.478 e. The van der Waals surface area contributed by atoms with Crippen molar-refractivity contribution in [2.24, 2.45) is 0 Å². The van der Waals surface area contributed by atoms with Crippen LogP contribution >= 0.6 is 0 Å². The van der Waals surface area contributed by atoms with Crippen LogP contribution in [0.2, 0.25) is 0 Å². The maximum Gasteiger partial charge on any atom is 0.339 e. The van der Waals surface area contributed by atoms with Gasteiger partial charge in [-0.05, 0) is 44.7 Å². The van der Waals surface area contributed by atoms with Crippen LogP contribution in [0.3, 0.4) is 0 Å². The molecule has 0 amide bonds. The van der Waals surface area contributed by atoms with E-state index in [2.05, 4.69) is 4.98 Å². The van der Waals surface area contributed by atoms with E-state index in [1.807, 2.05) is 18.7 Å². The molecule has 1 N–H and O–H groups in total. The summed E-state index contributed by atoms with van der Waals surface area (Å²) in [5.41, 5.74) is 2.44. The highest BCUT2D eigenvalue weighted by Gasteiger charge is 2.25. The highest BCUT2D eigenvalue weighted by atomic mass is 16.5. The number of ether oxygens (including phenoxy) is 1. The lowest BCUT2D eigenvalue weighted by atomic mass is 10.1. The predicted molar refractivity (Wildman–Crippen MR) is 77.6 cm³/mol. The Morgan fingerprint density at radius 2 is 2.30 bits per heavy atom. The molecule has 0 saturated heterocycles. The summed E-state index contributed by atoms with van der Waals surface area (Å²) in [6, 6.07) is 1.89. The Bertz CT molecular complexity index is 502. The lowest BCUT2D eigenvalue weighted by Crippen LogP contribution is -2.38. The number of anilines is 1. The molecule has 1 aromatic rings. The number of rotatable bonds is 6. The Morgan fingerprint density at radius 3 is 2.90 bits per heavy atom. The first kappa shape index (κ1) is 14.8. The molecular formula is C15H22N2O3. The van der Waals surface area contributed by atoms with E-state index in [9.17, 15) is 9.90 Å². The number of pyridine rings is 1. The maximum atomic E-state index is 11.5. The number of carbonyl (C=O) groups is 1. The Balaban J connectivity index is 2.44. The molecular weight excluding hydrogens is 256 g/mol. The number of methoxy groups -OCH3 is 1. The van der Waals surface area contributed by atoms with Crippen LogP contribution < -0.4 is 4.90 Å². The summed E-state index contributed by atoms with van der Waals surface area (Å²) >= 11 is 0. The van der Waals surface area contributed by atoms with E-state index in [1.54, 1.807) is 13.2 Å². The maximum absolute atomic E-state index is 11.5. The minimum Gasteiger partial charge on any atom is -0.478 e. The van der Waals surface area contributed by atoms with Crippen molar-refractivity contribution in [3.05, 3.63) is 22.9 Å². The van der Waals surface area contributed by atoms with Crippen molar-refractivity contribution in [3.8, 4) is 0 Å². The highest BCUT2D eigenvalue weighted by molar-refractivity contribution is 5.93. The standard InChI is InChI=1S/C15H22N2O3/c1-4-17(10(2)9-20-3)14-12(15(18)19)8-11-6-5-7-13(11)16-14/h8,10H,4-7,9H2,1-3H3,(H,18,19). The second-order valence-electron chi connectivity index (χ2n) is 5.21. The zero-order chi connectivity index (χ0) is 14.7. The van der Waals surface area contributed by atoms with E-state index in [1.165, 1.54) is 0 Å². The number of aromatic nitrogens is 1. The normalized spacial score (nSPS) is 14.9. The van der Waals surface area contributed by atoms with Crippen LogP contribution in [0.5, 0.6) is 0 Å². The minimum absolute atomic E-state index is 0.0926. The molecule has 0 bridgehead atoms. The minimum atomic E-state index is -0.912. The lowest BCUT2D eigenvalue weighted by molar-refractivity contribution is 0.0696. The lowest BCUT2D eigenvalue weighted by Gasteiger charge is -2.30. The average Bonchev–Trinajstić information content (AvgIpc) is 2.86. The van der Waals surface area contributed by atoms with E-state index in [0.29, 0.717) is 24.5 Å². The molecule has 2 rings (SSSR count).